The van der Waals surface area contributed by atoms with Crippen LogP contribution in [0.15, 0.2) is 29.3 Å². The van der Waals surface area contributed by atoms with Gasteiger partial charge in [-0.2, -0.15) is 4.98 Å². The van der Waals surface area contributed by atoms with Crippen LogP contribution in [0.5, 0.6) is 0 Å². The second-order valence-corrected chi connectivity index (χ2v) is 7.28. The predicted molar refractivity (Wildman–Crippen MR) is 106 cm³/mol. The third kappa shape index (κ3) is 3.01. The topological polar surface area (TPSA) is 66.8 Å². The van der Waals surface area contributed by atoms with Crippen LogP contribution in [0.2, 0.25) is 5.02 Å². The van der Waals surface area contributed by atoms with Crippen molar-refractivity contribution in [2.75, 3.05) is 18.0 Å². The number of aromatic amines is 1. The molecule has 0 unspecified atom stereocenters. The molecule has 0 spiro atoms. The first-order valence-electron chi connectivity index (χ1n) is 8.58. The Labute approximate surface area is 160 Å². The van der Waals surface area contributed by atoms with Gasteiger partial charge in [0.25, 0.3) is 5.56 Å². The quantitative estimate of drug-likeness (QED) is 0.677. The van der Waals surface area contributed by atoms with Gasteiger partial charge in [-0.15, -0.1) is 0 Å². The van der Waals surface area contributed by atoms with Gasteiger partial charge in [0, 0.05) is 23.8 Å². The molecule has 0 aliphatic carbocycles. The van der Waals surface area contributed by atoms with Gasteiger partial charge in [-0.1, -0.05) is 29.9 Å². The smallest absolute Gasteiger partial charge is 0.264 e. The maximum atomic E-state index is 12.7. The molecule has 0 atom stereocenters. The van der Waals surface area contributed by atoms with Crippen LogP contribution in [0.3, 0.4) is 0 Å². The molecule has 1 aromatic carbocycles. The van der Waals surface area contributed by atoms with Crippen LogP contribution in [-0.4, -0.2) is 32.6 Å². The second kappa shape index (κ2) is 6.81. The maximum absolute atomic E-state index is 12.7. The van der Waals surface area contributed by atoms with Crippen LogP contribution in [0, 0.1) is 11.6 Å². The molecular formula is C18H18ClN5OS. The van der Waals surface area contributed by atoms with E-state index in [0.717, 1.165) is 37.2 Å². The fraction of sp³-hybridized carbons (Fsp3) is 0.333. The van der Waals surface area contributed by atoms with Crippen molar-refractivity contribution in [1.82, 2.24) is 19.5 Å². The minimum absolute atomic E-state index is 0.263. The summed E-state index contributed by atoms with van der Waals surface area (Å²) in [5, 5.41) is 0.955. The minimum Gasteiger partial charge on any atom is -0.342 e. The number of hydrogen-bond acceptors (Lipinski definition) is 5. The first-order valence-corrected chi connectivity index (χ1v) is 9.36. The largest absolute Gasteiger partial charge is 0.342 e. The molecule has 6 nitrogen and oxygen atoms in total. The average molecular weight is 388 g/mol. The van der Waals surface area contributed by atoms with Crippen LogP contribution in [0.1, 0.15) is 24.8 Å². The molecule has 26 heavy (non-hydrogen) atoms. The van der Waals surface area contributed by atoms with E-state index in [1.54, 1.807) is 10.9 Å². The number of aryl methyl sites for hydroxylation is 1. The summed E-state index contributed by atoms with van der Waals surface area (Å²) in [7, 11) is 0. The zero-order chi connectivity index (χ0) is 18.3. The van der Waals surface area contributed by atoms with Crippen molar-refractivity contribution in [2.45, 2.75) is 26.2 Å². The van der Waals surface area contributed by atoms with Crippen LogP contribution >= 0.6 is 23.8 Å². The lowest BCUT2D eigenvalue weighted by molar-refractivity contribution is 0.568. The van der Waals surface area contributed by atoms with Crippen molar-refractivity contribution in [2.24, 2.45) is 0 Å². The van der Waals surface area contributed by atoms with Gasteiger partial charge in [-0.05, 0) is 43.9 Å². The number of nitrogens with one attached hydrogen (secondary N) is 1. The molecule has 2 aromatic heterocycles. The van der Waals surface area contributed by atoms with Gasteiger partial charge in [0.15, 0.2) is 5.65 Å². The minimum atomic E-state index is -0.263. The normalized spacial score (nSPS) is 14.8. The zero-order valence-corrected chi connectivity index (χ0v) is 15.9. The Hall–Kier alpha value is -2.25. The van der Waals surface area contributed by atoms with Crippen molar-refractivity contribution in [3.63, 3.8) is 0 Å². The lowest BCUT2D eigenvalue weighted by atomic mass is 10.1. The number of nitrogens with zero attached hydrogens (tertiary/aromatic N) is 4. The van der Waals surface area contributed by atoms with Crippen LogP contribution in [0.4, 0.5) is 5.95 Å². The van der Waals surface area contributed by atoms with Gasteiger partial charge >= 0.3 is 0 Å². The van der Waals surface area contributed by atoms with E-state index in [-0.39, 0.29) is 5.56 Å². The van der Waals surface area contributed by atoms with E-state index >= 15 is 0 Å². The van der Waals surface area contributed by atoms with Gasteiger partial charge in [0.1, 0.15) is 16.4 Å². The molecule has 3 heterocycles. The molecule has 0 radical (unpaired) electrons. The Morgan fingerprint density at radius 3 is 2.73 bits per heavy atom. The highest BCUT2D eigenvalue weighted by molar-refractivity contribution is 7.71. The van der Waals surface area contributed by atoms with Crippen molar-refractivity contribution >= 4 is 40.8 Å². The standard InChI is InChI=1S/C18H18ClN5OS/c1-11-5-6-12(9-13(11)19)24-10-20-15-14(17(24)26)16(25)22-18(21-15)23-7-3-2-4-8-23/h5-6,9-10H,2-4,7-8H2,1H3,(H,21,22,25). The number of benzene rings is 1. The molecule has 1 aliphatic rings. The number of H-pyrrole nitrogens is 1. The molecule has 0 saturated carbocycles. The molecule has 0 amide bonds. The van der Waals surface area contributed by atoms with Crippen molar-refractivity contribution in [3.8, 4) is 5.69 Å². The Kier molecular flexibility index (Phi) is 4.50. The summed E-state index contributed by atoms with van der Waals surface area (Å²) >= 11 is 11.8. The molecule has 4 rings (SSSR count). The monoisotopic (exact) mass is 387 g/mol. The van der Waals surface area contributed by atoms with Gasteiger partial charge in [0.05, 0.1) is 0 Å². The summed E-state index contributed by atoms with van der Waals surface area (Å²) in [5.74, 6) is 0.570. The second-order valence-electron chi connectivity index (χ2n) is 6.49. The lowest BCUT2D eigenvalue weighted by Gasteiger charge is -2.26. The molecule has 1 aliphatic heterocycles. The van der Waals surface area contributed by atoms with Crippen LogP contribution in [-0.2, 0) is 0 Å². The van der Waals surface area contributed by atoms with E-state index in [1.165, 1.54) is 6.42 Å². The van der Waals surface area contributed by atoms with E-state index in [4.69, 9.17) is 23.8 Å². The fourth-order valence-electron chi connectivity index (χ4n) is 3.19. The Morgan fingerprint density at radius 1 is 1.23 bits per heavy atom. The van der Waals surface area contributed by atoms with E-state index < -0.39 is 0 Å². The Balaban J connectivity index is 1.85. The molecule has 1 fully saturated rings. The summed E-state index contributed by atoms with van der Waals surface area (Å²) < 4.78 is 2.05. The van der Waals surface area contributed by atoms with Crippen molar-refractivity contribution in [3.05, 3.63) is 50.1 Å². The predicted octanol–water partition coefficient (Wildman–Crippen LogP) is 3.79. The number of fused-ring (bicyclic) bond motifs is 1. The van der Waals surface area contributed by atoms with Gasteiger partial charge in [-0.3, -0.25) is 14.3 Å². The summed E-state index contributed by atoms with van der Waals surface area (Å²) in [4.78, 5) is 26.6. The molecular weight excluding hydrogens is 370 g/mol. The highest BCUT2D eigenvalue weighted by Gasteiger charge is 2.16. The molecule has 1 saturated heterocycles. The third-order valence-electron chi connectivity index (χ3n) is 4.71. The molecule has 3 aromatic rings. The van der Waals surface area contributed by atoms with Gasteiger partial charge < -0.3 is 4.90 Å². The van der Waals surface area contributed by atoms with E-state index in [2.05, 4.69) is 19.9 Å². The van der Waals surface area contributed by atoms with E-state index in [9.17, 15) is 4.79 Å². The third-order valence-corrected chi connectivity index (χ3v) is 5.51. The van der Waals surface area contributed by atoms with Crippen molar-refractivity contribution in [1.29, 1.82) is 0 Å². The maximum Gasteiger partial charge on any atom is 0.264 e. The number of rotatable bonds is 2. The SMILES string of the molecule is Cc1ccc(-n2cnc3nc(N4CCCCC4)[nH]c(=O)c3c2=S)cc1Cl. The average Bonchev–Trinajstić information content (AvgIpc) is 2.65. The highest BCUT2D eigenvalue weighted by atomic mass is 35.5. The molecule has 0 bridgehead atoms. The Morgan fingerprint density at radius 2 is 2.00 bits per heavy atom. The lowest BCUT2D eigenvalue weighted by Crippen LogP contribution is -2.32. The number of hydrogen-bond donors (Lipinski definition) is 1. The number of anilines is 1. The summed E-state index contributed by atoms with van der Waals surface area (Å²) in [5.41, 5.74) is 1.84. The molecule has 134 valence electrons. The summed E-state index contributed by atoms with van der Waals surface area (Å²) in [6.45, 7) is 3.72. The highest BCUT2D eigenvalue weighted by Crippen LogP contribution is 2.21. The van der Waals surface area contributed by atoms with Crippen molar-refractivity contribution < 1.29 is 0 Å². The number of halogens is 1. The van der Waals surface area contributed by atoms with Crippen LogP contribution < -0.4 is 10.5 Å². The van der Waals surface area contributed by atoms with E-state index in [0.29, 0.717) is 26.6 Å². The van der Waals surface area contributed by atoms with Gasteiger partial charge in [0.2, 0.25) is 5.95 Å². The first kappa shape index (κ1) is 17.2. The van der Waals surface area contributed by atoms with Crippen LogP contribution in [0.25, 0.3) is 16.7 Å². The molecule has 8 heteroatoms. The van der Waals surface area contributed by atoms with Gasteiger partial charge in [-0.25, -0.2) is 4.98 Å². The van der Waals surface area contributed by atoms with E-state index in [1.807, 2.05) is 25.1 Å². The number of piperidine rings is 1. The number of aromatic nitrogens is 4. The summed E-state index contributed by atoms with van der Waals surface area (Å²) in [6.07, 6.45) is 5.01. The fourth-order valence-corrected chi connectivity index (χ4v) is 3.70. The Bertz CT molecular complexity index is 1100. The first-order chi connectivity index (χ1) is 12.5. The zero-order valence-electron chi connectivity index (χ0n) is 14.3. The summed E-state index contributed by atoms with van der Waals surface area (Å²) in [6, 6.07) is 5.61. The molecule has 1 N–H and O–H groups in total.